The van der Waals surface area contributed by atoms with E-state index in [0.717, 1.165) is 19.3 Å². The van der Waals surface area contributed by atoms with E-state index in [1.165, 1.54) is 19.3 Å². The molecule has 0 aliphatic carbocycles. The number of halogens is 5. The third-order valence-electron chi connectivity index (χ3n) is 3.84. The molecule has 1 amide bonds. The van der Waals surface area contributed by atoms with Gasteiger partial charge in [-0.15, -0.1) is 0 Å². The Kier molecular flexibility index (Phi) is 12.2. The number of amides is 1. The summed E-state index contributed by atoms with van der Waals surface area (Å²) in [6.45, 7) is 2.16. The van der Waals surface area contributed by atoms with Crippen LogP contribution in [0.1, 0.15) is 51.9 Å². The highest BCUT2D eigenvalue weighted by molar-refractivity contribution is 7.80. The maximum Gasteiger partial charge on any atom is 0.228 e. The van der Waals surface area contributed by atoms with Crippen molar-refractivity contribution in [1.29, 1.82) is 0 Å². The fraction of sp³-hybridized carbons (Fsp3) is 0.556. The zero-order valence-electron chi connectivity index (χ0n) is 15.5. The second-order valence-electron chi connectivity index (χ2n) is 6.29. The maximum absolute atomic E-state index is 12.2. The maximum atomic E-state index is 12.2. The summed E-state index contributed by atoms with van der Waals surface area (Å²) in [5.74, 6) is -0.211. The molecule has 1 atom stereocenters. The van der Waals surface area contributed by atoms with E-state index in [4.69, 9.17) is 70.2 Å². The predicted molar refractivity (Wildman–Crippen MR) is 126 cm³/mol. The summed E-state index contributed by atoms with van der Waals surface area (Å²) in [6, 6.07) is 4.94. The molecule has 4 nitrogen and oxygen atoms in total. The second kappa shape index (κ2) is 13.2. The fourth-order valence-electron chi connectivity index (χ4n) is 2.37. The summed E-state index contributed by atoms with van der Waals surface area (Å²) in [7, 11) is 0. The molecule has 28 heavy (non-hydrogen) atoms. The van der Waals surface area contributed by atoms with Gasteiger partial charge in [0.25, 0.3) is 0 Å². The molecule has 0 radical (unpaired) electrons. The van der Waals surface area contributed by atoms with E-state index in [1.54, 1.807) is 18.2 Å². The second-order valence-corrected chi connectivity index (χ2v) is 9.88. The number of hydrogen-bond donors (Lipinski definition) is 3. The van der Waals surface area contributed by atoms with Crippen molar-refractivity contribution in [2.45, 2.75) is 61.8 Å². The Morgan fingerprint density at radius 1 is 1.04 bits per heavy atom. The van der Waals surface area contributed by atoms with Gasteiger partial charge in [0.1, 0.15) is 6.17 Å². The minimum absolute atomic E-state index is 0.162. The highest BCUT2D eigenvalue weighted by Gasteiger charge is 2.34. The van der Waals surface area contributed by atoms with Crippen LogP contribution in [0, 0.1) is 0 Å². The van der Waals surface area contributed by atoms with Crippen molar-refractivity contribution in [1.82, 2.24) is 10.6 Å². The number of hydrogen-bond acceptors (Lipinski definition) is 2. The number of alkyl halides is 3. The average molecular weight is 508 g/mol. The molecule has 0 aromatic heterocycles. The molecule has 0 saturated carbocycles. The van der Waals surface area contributed by atoms with Crippen LogP contribution in [0.3, 0.4) is 0 Å². The van der Waals surface area contributed by atoms with Gasteiger partial charge in [0.05, 0.1) is 10.0 Å². The summed E-state index contributed by atoms with van der Waals surface area (Å²) < 4.78 is -1.79. The Morgan fingerprint density at radius 3 is 2.29 bits per heavy atom. The fourth-order valence-corrected chi connectivity index (χ4v) is 3.23. The Labute approximate surface area is 196 Å². The number of thiocarbonyl (C=S) groups is 1. The molecule has 1 rings (SSSR count). The van der Waals surface area contributed by atoms with E-state index >= 15 is 0 Å². The van der Waals surface area contributed by atoms with Crippen LogP contribution in [-0.4, -0.2) is 21.0 Å². The minimum Gasteiger partial charge on any atom is -0.339 e. The molecule has 0 aliphatic heterocycles. The van der Waals surface area contributed by atoms with Crippen molar-refractivity contribution in [3.63, 3.8) is 0 Å². The van der Waals surface area contributed by atoms with Gasteiger partial charge in [0.2, 0.25) is 9.70 Å². The monoisotopic (exact) mass is 505 g/mol. The van der Waals surface area contributed by atoms with E-state index in [9.17, 15) is 4.79 Å². The van der Waals surface area contributed by atoms with Gasteiger partial charge < -0.3 is 16.0 Å². The molecule has 0 spiro atoms. The Bertz CT molecular complexity index is 655. The number of rotatable bonds is 10. The quantitative estimate of drug-likeness (QED) is 0.140. The summed E-state index contributed by atoms with van der Waals surface area (Å²) in [5, 5.41) is 9.35. The number of nitrogens with one attached hydrogen (secondary N) is 3. The van der Waals surface area contributed by atoms with Gasteiger partial charge in [-0.25, -0.2) is 0 Å². The van der Waals surface area contributed by atoms with Gasteiger partial charge in [-0.1, -0.05) is 97.0 Å². The minimum atomic E-state index is -1.79. The average Bonchev–Trinajstić information content (AvgIpc) is 2.60. The summed E-state index contributed by atoms with van der Waals surface area (Å²) in [4.78, 5) is 12.2. The van der Waals surface area contributed by atoms with Crippen molar-refractivity contribution in [2.75, 3.05) is 5.32 Å². The number of unbranched alkanes of at least 4 members (excludes halogenated alkanes) is 5. The third kappa shape index (κ3) is 10.6. The highest BCUT2D eigenvalue weighted by atomic mass is 35.6. The Hall–Kier alpha value is -0.170. The SMILES string of the molecule is CCCCCCCCC(=O)N[C@@H](NC(=S)Nc1ccc(Cl)c(Cl)c1)C(Cl)(Cl)Cl. The molecule has 0 fully saturated rings. The summed E-state index contributed by atoms with van der Waals surface area (Å²) in [6.07, 6.45) is 5.86. The van der Waals surface area contributed by atoms with Crippen molar-refractivity contribution >= 4 is 86.9 Å². The van der Waals surface area contributed by atoms with Crippen LogP contribution in [0.4, 0.5) is 5.69 Å². The van der Waals surface area contributed by atoms with Crippen molar-refractivity contribution in [3.8, 4) is 0 Å². The molecular formula is C18H24Cl5N3OS. The highest BCUT2D eigenvalue weighted by Crippen LogP contribution is 2.29. The number of anilines is 1. The molecule has 1 aromatic rings. The molecule has 0 unspecified atom stereocenters. The first kappa shape index (κ1) is 25.9. The van der Waals surface area contributed by atoms with E-state index < -0.39 is 9.96 Å². The van der Waals surface area contributed by atoms with Crippen molar-refractivity contribution in [2.24, 2.45) is 0 Å². The van der Waals surface area contributed by atoms with Gasteiger partial charge in [0, 0.05) is 12.1 Å². The van der Waals surface area contributed by atoms with Gasteiger partial charge >= 0.3 is 0 Å². The molecular weight excluding hydrogens is 484 g/mol. The smallest absolute Gasteiger partial charge is 0.228 e. The van der Waals surface area contributed by atoms with Crippen LogP contribution in [-0.2, 0) is 4.79 Å². The van der Waals surface area contributed by atoms with Crippen molar-refractivity contribution < 1.29 is 4.79 Å². The van der Waals surface area contributed by atoms with Gasteiger partial charge in [-0.2, -0.15) is 0 Å². The van der Waals surface area contributed by atoms with E-state index in [2.05, 4.69) is 22.9 Å². The molecule has 0 aliphatic rings. The van der Waals surface area contributed by atoms with Crippen molar-refractivity contribution in [3.05, 3.63) is 28.2 Å². The molecule has 0 saturated heterocycles. The predicted octanol–water partition coefficient (Wildman–Crippen LogP) is 6.84. The first-order valence-electron chi connectivity index (χ1n) is 9.02. The first-order chi connectivity index (χ1) is 13.1. The number of benzene rings is 1. The molecule has 1 aromatic carbocycles. The molecule has 0 heterocycles. The summed E-state index contributed by atoms with van der Waals surface area (Å²) in [5.41, 5.74) is 0.605. The van der Waals surface area contributed by atoms with E-state index in [-0.39, 0.29) is 11.0 Å². The molecule has 10 heteroatoms. The molecule has 3 N–H and O–H groups in total. The van der Waals surface area contributed by atoms with E-state index in [1.807, 2.05) is 0 Å². The first-order valence-corrected chi connectivity index (χ1v) is 11.3. The molecule has 158 valence electrons. The molecule has 0 bridgehead atoms. The zero-order valence-corrected chi connectivity index (χ0v) is 20.1. The van der Waals surface area contributed by atoms with E-state index in [0.29, 0.717) is 22.2 Å². The normalized spacial score (nSPS) is 12.4. The van der Waals surface area contributed by atoms with Crippen LogP contribution in [0.2, 0.25) is 10.0 Å². The van der Waals surface area contributed by atoms with Crippen LogP contribution in [0.15, 0.2) is 18.2 Å². The van der Waals surface area contributed by atoms with Crippen LogP contribution >= 0.6 is 70.2 Å². The topological polar surface area (TPSA) is 53.2 Å². The standard InChI is InChI=1S/C18H24Cl5N3OS/c1-2-3-4-5-6-7-8-15(27)25-16(18(21,22)23)26-17(28)24-12-9-10-13(19)14(20)11-12/h9-11,16H,2-8H2,1H3,(H,25,27)(H2,24,26,28)/t16-/m0/s1. The van der Waals surface area contributed by atoms with Gasteiger partial charge in [0.15, 0.2) is 5.11 Å². The van der Waals surface area contributed by atoms with Gasteiger partial charge in [-0.05, 0) is 36.8 Å². The lowest BCUT2D eigenvalue weighted by Gasteiger charge is -2.27. The Morgan fingerprint density at radius 2 is 1.68 bits per heavy atom. The lowest BCUT2D eigenvalue weighted by molar-refractivity contribution is -0.122. The Balaban J connectivity index is 2.52. The lowest BCUT2D eigenvalue weighted by Crippen LogP contribution is -2.56. The number of carbonyl (C=O) groups is 1. The lowest BCUT2D eigenvalue weighted by atomic mass is 10.1. The largest absolute Gasteiger partial charge is 0.339 e. The zero-order chi connectivity index (χ0) is 21.2. The van der Waals surface area contributed by atoms with Crippen LogP contribution in [0.25, 0.3) is 0 Å². The van der Waals surface area contributed by atoms with Crippen LogP contribution in [0.5, 0.6) is 0 Å². The third-order valence-corrected chi connectivity index (χ3v) is 5.46. The number of carbonyl (C=O) groups excluding carboxylic acids is 1. The van der Waals surface area contributed by atoms with Gasteiger partial charge in [-0.3, -0.25) is 4.79 Å². The summed E-state index contributed by atoms with van der Waals surface area (Å²) >= 11 is 35.0. The van der Waals surface area contributed by atoms with Crippen LogP contribution < -0.4 is 16.0 Å².